The van der Waals surface area contributed by atoms with E-state index in [2.05, 4.69) is 5.32 Å². The zero-order chi connectivity index (χ0) is 29.1. The molecule has 0 bridgehead atoms. The summed E-state index contributed by atoms with van der Waals surface area (Å²) in [7, 11) is 0. The lowest BCUT2D eigenvalue weighted by molar-refractivity contribution is -0.193. The molecule has 40 heavy (non-hydrogen) atoms. The second-order valence-electron chi connectivity index (χ2n) is 11.4. The number of carbonyl (C=O) groups is 2. The van der Waals surface area contributed by atoms with Crippen molar-refractivity contribution < 1.29 is 43.2 Å². The molecule has 5 aliphatic rings. The summed E-state index contributed by atoms with van der Waals surface area (Å²) < 4.78 is 43.8. The van der Waals surface area contributed by atoms with Crippen molar-refractivity contribution in [1.82, 2.24) is 10.2 Å². The molecule has 2 saturated heterocycles. The van der Waals surface area contributed by atoms with Crippen LogP contribution in [0.5, 0.6) is 5.75 Å². The van der Waals surface area contributed by atoms with Crippen molar-refractivity contribution in [2.75, 3.05) is 19.6 Å². The van der Waals surface area contributed by atoms with E-state index in [4.69, 9.17) is 11.1 Å². The first kappa shape index (κ1) is 26.8. The monoisotopic (exact) mass is 562 g/mol. The predicted molar refractivity (Wildman–Crippen MR) is 134 cm³/mol. The van der Waals surface area contributed by atoms with E-state index in [9.17, 15) is 43.2 Å². The Morgan fingerprint density at radius 3 is 2.58 bits per heavy atom. The highest BCUT2D eigenvalue weighted by molar-refractivity contribution is 6.34. The van der Waals surface area contributed by atoms with Gasteiger partial charge in [0, 0.05) is 23.6 Å². The minimum absolute atomic E-state index is 0.00962. The summed E-state index contributed by atoms with van der Waals surface area (Å²) in [5, 5.41) is 56.8. The summed E-state index contributed by atoms with van der Waals surface area (Å²) in [6, 6.07) is -0.780. The van der Waals surface area contributed by atoms with Crippen LogP contribution in [0.2, 0.25) is 0 Å². The highest BCUT2D eigenvalue weighted by atomic mass is 19.4. The van der Waals surface area contributed by atoms with E-state index >= 15 is 0 Å². The van der Waals surface area contributed by atoms with Crippen molar-refractivity contribution >= 4 is 23.2 Å². The standard InChI is InChI=1S/C27H29F3N4O6/c1-2-34-9-25-8-10-6-12-16(14(35)7-11(13-4-3-5-33-13)18(12)27(28,29)30)19(36)15(10)23(38)26(25,40)21(31)17(24(32)39)20(37)22(25)34/h7,10,13,22,31,33,35-37,40H,2-6,8-9H2,1H3,(H2,32,39)/t10?,13?,22-,25-,26-/m1/s1. The van der Waals surface area contributed by atoms with E-state index in [1.165, 1.54) is 0 Å². The SMILES string of the molecule is CCN1C[C@@]23CC4Cc5c(c(O)cc(C6CCCN6)c5C(F)(F)F)C(O)=C4C(=O)[C@]2(O)C(=N)C(C(N)=O)=C(O)[C@@H]13. The van der Waals surface area contributed by atoms with Gasteiger partial charge >= 0.3 is 6.18 Å². The number of nitrogens with zero attached hydrogens (tertiary/aromatic N) is 1. The quantitative estimate of drug-likeness (QED) is 0.292. The number of carbonyl (C=O) groups excluding carboxylic acids is 2. The number of aromatic hydroxyl groups is 1. The molecule has 10 nitrogen and oxygen atoms in total. The molecule has 0 aromatic heterocycles. The van der Waals surface area contributed by atoms with Gasteiger partial charge in [-0.15, -0.1) is 0 Å². The lowest BCUT2D eigenvalue weighted by Crippen LogP contribution is -2.82. The number of hydrogen-bond donors (Lipinski definition) is 7. The second kappa shape index (κ2) is 8.30. The maximum atomic E-state index is 14.6. The van der Waals surface area contributed by atoms with E-state index in [0.717, 1.165) is 6.07 Å². The molecule has 1 spiro atoms. The molecular formula is C27H29F3N4O6. The number of phenolic OH excluding ortho intramolecular Hbond substituents is 1. The van der Waals surface area contributed by atoms with Gasteiger partial charge < -0.3 is 36.9 Å². The number of fused-ring (bicyclic) bond motifs is 2. The smallest absolute Gasteiger partial charge is 0.417 e. The van der Waals surface area contributed by atoms with Crippen LogP contribution in [0.3, 0.4) is 0 Å². The summed E-state index contributed by atoms with van der Waals surface area (Å²) in [5.74, 6) is -5.51. The molecule has 1 amide bonds. The van der Waals surface area contributed by atoms with Crippen LogP contribution >= 0.6 is 0 Å². The van der Waals surface area contributed by atoms with Gasteiger partial charge in [-0.3, -0.25) is 14.5 Å². The number of aliphatic hydroxyl groups excluding tert-OH is 2. The summed E-state index contributed by atoms with van der Waals surface area (Å²) in [6.45, 7) is 2.61. The number of likely N-dealkylation sites (tertiary alicyclic amines) is 1. The number of benzene rings is 1. The fourth-order valence-electron chi connectivity index (χ4n) is 7.98. The summed E-state index contributed by atoms with van der Waals surface area (Å²) in [6.07, 6.45) is -4.30. The normalized spacial score (nSPS) is 33.8. The Balaban J connectivity index is 1.58. The van der Waals surface area contributed by atoms with Crippen LogP contribution in [0.4, 0.5) is 13.2 Å². The number of primary amides is 1. The van der Waals surface area contributed by atoms with Crippen molar-refractivity contribution in [3.05, 3.63) is 45.2 Å². The van der Waals surface area contributed by atoms with Crippen LogP contribution in [0.1, 0.15) is 54.5 Å². The van der Waals surface area contributed by atoms with E-state index in [1.54, 1.807) is 11.8 Å². The number of hydrogen-bond acceptors (Lipinski definition) is 9. The Labute approximate surface area is 226 Å². The van der Waals surface area contributed by atoms with Gasteiger partial charge in [-0.05, 0) is 61.9 Å². The number of nitrogens with two attached hydrogens (primary N) is 1. The molecule has 3 fully saturated rings. The number of rotatable bonds is 3. The van der Waals surface area contributed by atoms with Crippen molar-refractivity contribution in [3.8, 4) is 5.75 Å². The molecule has 6 rings (SSSR count). The maximum absolute atomic E-state index is 14.6. The molecule has 2 unspecified atom stereocenters. The Bertz CT molecular complexity index is 1460. The van der Waals surface area contributed by atoms with Gasteiger partial charge in [0.15, 0.2) is 5.60 Å². The molecule has 2 aliphatic heterocycles. The van der Waals surface area contributed by atoms with Crippen molar-refractivity contribution in [3.63, 3.8) is 0 Å². The Morgan fingerprint density at radius 1 is 1.30 bits per heavy atom. The van der Waals surface area contributed by atoms with Gasteiger partial charge in [-0.25, -0.2) is 0 Å². The second-order valence-corrected chi connectivity index (χ2v) is 11.4. The lowest BCUT2D eigenvalue weighted by atomic mass is 9.45. The molecule has 3 aliphatic carbocycles. The topological polar surface area (TPSA) is 180 Å². The summed E-state index contributed by atoms with van der Waals surface area (Å²) in [5.41, 5.74) is -2.86. The summed E-state index contributed by atoms with van der Waals surface area (Å²) in [4.78, 5) is 28.0. The lowest BCUT2D eigenvalue weighted by Gasteiger charge is -2.67. The molecule has 1 aromatic carbocycles. The zero-order valence-electron chi connectivity index (χ0n) is 21.5. The predicted octanol–water partition coefficient (Wildman–Crippen LogP) is 2.00. The van der Waals surface area contributed by atoms with Crippen LogP contribution in [0, 0.1) is 16.7 Å². The molecule has 0 radical (unpaired) electrons. The third-order valence-corrected chi connectivity index (χ3v) is 9.57. The van der Waals surface area contributed by atoms with Gasteiger partial charge in [0.1, 0.15) is 22.8 Å². The fraction of sp³-hybridized carbons (Fsp3) is 0.519. The van der Waals surface area contributed by atoms with E-state index in [1.807, 2.05) is 0 Å². The molecular weight excluding hydrogens is 533 g/mol. The maximum Gasteiger partial charge on any atom is 0.417 e. The molecule has 1 saturated carbocycles. The van der Waals surface area contributed by atoms with Crippen molar-refractivity contribution in [1.29, 1.82) is 5.41 Å². The van der Waals surface area contributed by atoms with E-state index in [0.29, 0.717) is 25.9 Å². The first-order valence-electron chi connectivity index (χ1n) is 13.2. The third-order valence-electron chi connectivity index (χ3n) is 9.57. The van der Waals surface area contributed by atoms with Crippen molar-refractivity contribution in [2.45, 2.75) is 56.5 Å². The van der Waals surface area contributed by atoms with Gasteiger partial charge in [0.05, 0.1) is 22.9 Å². The number of likely N-dealkylation sites (N-methyl/N-ethyl adjacent to an activating group) is 1. The number of alkyl halides is 3. The van der Waals surface area contributed by atoms with E-state index < -0.39 is 92.1 Å². The minimum atomic E-state index is -4.84. The van der Waals surface area contributed by atoms with Crippen LogP contribution in [0.25, 0.3) is 5.76 Å². The number of Topliss-reactive ketones (excluding diaryl/α,β-unsaturated/α-hetero) is 1. The zero-order valence-corrected chi connectivity index (χ0v) is 21.5. The molecule has 2 heterocycles. The molecule has 1 aromatic rings. The van der Waals surface area contributed by atoms with Crippen LogP contribution in [-0.4, -0.2) is 74.0 Å². The van der Waals surface area contributed by atoms with E-state index in [-0.39, 0.29) is 30.5 Å². The fourth-order valence-corrected chi connectivity index (χ4v) is 7.98. The Morgan fingerprint density at radius 2 is 2.00 bits per heavy atom. The van der Waals surface area contributed by atoms with Crippen LogP contribution < -0.4 is 11.1 Å². The van der Waals surface area contributed by atoms with Crippen molar-refractivity contribution in [2.24, 2.45) is 17.1 Å². The minimum Gasteiger partial charge on any atom is -0.510 e. The molecule has 214 valence electrons. The highest BCUT2D eigenvalue weighted by Gasteiger charge is 2.76. The van der Waals surface area contributed by atoms with Gasteiger partial charge in [0.25, 0.3) is 5.91 Å². The number of nitrogens with one attached hydrogen (secondary N) is 2. The van der Waals surface area contributed by atoms with Crippen LogP contribution in [0.15, 0.2) is 23.0 Å². The Kier molecular flexibility index (Phi) is 5.56. The first-order valence-corrected chi connectivity index (χ1v) is 13.2. The van der Waals surface area contributed by atoms with Gasteiger partial charge in [-0.2, -0.15) is 13.2 Å². The number of ketones is 1. The van der Waals surface area contributed by atoms with Crippen LogP contribution in [-0.2, 0) is 22.2 Å². The molecule has 5 atom stereocenters. The third kappa shape index (κ3) is 3.08. The Hall–Kier alpha value is -3.42. The largest absolute Gasteiger partial charge is 0.510 e. The van der Waals surface area contributed by atoms with Gasteiger partial charge in [-0.1, -0.05) is 6.92 Å². The number of aliphatic hydroxyl groups is 3. The van der Waals surface area contributed by atoms with Gasteiger partial charge in [0.2, 0.25) is 5.78 Å². The first-order chi connectivity index (χ1) is 18.7. The summed E-state index contributed by atoms with van der Waals surface area (Å²) >= 11 is 0. The average molecular weight is 563 g/mol. The highest BCUT2D eigenvalue weighted by Crippen LogP contribution is 2.63. The number of amides is 1. The number of phenols is 1. The molecule has 8 N–H and O–H groups in total. The number of halogens is 3. The molecule has 13 heteroatoms. The average Bonchev–Trinajstić information content (AvgIpc) is 3.37.